The third-order valence-electron chi connectivity index (χ3n) is 4.62. The number of hydrogen-bond acceptors (Lipinski definition) is 4. The lowest BCUT2D eigenvalue weighted by Crippen LogP contribution is -2.49. The minimum Gasteiger partial charge on any atom is -0.357 e. The van der Waals surface area contributed by atoms with Crippen LogP contribution in [0.3, 0.4) is 0 Å². The summed E-state index contributed by atoms with van der Waals surface area (Å²) >= 11 is 0. The molecule has 4 rings (SSSR count). The Kier molecular flexibility index (Phi) is 4.23. The first-order valence-corrected chi connectivity index (χ1v) is 8.58. The van der Waals surface area contributed by atoms with Gasteiger partial charge in [-0.05, 0) is 37.0 Å². The largest absolute Gasteiger partial charge is 0.357 e. The molecule has 1 N–H and O–H groups in total. The molecule has 2 aliphatic heterocycles. The predicted molar refractivity (Wildman–Crippen MR) is 92.0 cm³/mol. The molecule has 130 valence electrons. The Balaban J connectivity index is 1.49. The van der Waals surface area contributed by atoms with E-state index in [0.717, 1.165) is 42.7 Å². The van der Waals surface area contributed by atoms with Crippen LogP contribution in [0.2, 0.25) is 0 Å². The molecular weight excluding hydrogens is 320 g/mol. The van der Waals surface area contributed by atoms with E-state index in [9.17, 15) is 9.59 Å². The molecule has 0 radical (unpaired) electrons. The summed E-state index contributed by atoms with van der Waals surface area (Å²) in [5.74, 6) is -0.227. The lowest BCUT2D eigenvalue weighted by molar-refractivity contribution is -0.120. The topological polar surface area (TPSA) is 76.5 Å². The van der Waals surface area contributed by atoms with E-state index in [1.807, 2.05) is 41.3 Å². The van der Waals surface area contributed by atoms with Gasteiger partial charge in [-0.2, -0.15) is 5.10 Å². The highest BCUT2D eigenvalue weighted by Gasteiger charge is 2.24. The van der Waals surface area contributed by atoms with Gasteiger partial charge in [-0.3, -0.25) is 15.0 Å². The molecule has 2 aromatic rings. The second-order valence-electron chi connectivity index (χ2n) is 6.33. The molecule has 25 heavy (non-hydrogen) atoms. The highest BCUT2D eigenvalue weighted by atomic mass is 16.5. The van der Waals surface area contributed by atoms with Crippen molar-refractivity contribution in [3.05, 3.63) is 36.7 Å². The predicted octanol–water partition coefficient (Wildman–Crippen LogP) is 2.70. The molecule has 2 fully saturated rings. The summed E-state index contributed by atoms with van der Waals surface area (Å²) in [6.07, 6.45) is 7.44. The number of ether oxygens (including phenoxy) is 1. The van der Waals surface area contributed by atoms with Crippen molar-refractivity contribution in [2.24, 2.45) is 0 Å². The van der Waals surface area contributed by atoms with Gasteiger partial charge in [0, 0.05) is 37.0 Å². The molecule has 2 saturated heterocycles. The second-order valence-corrected chi connectivity index (χ2v) is 6.33. The second kappa shape index (κ2) is 6.68. The van der Waals surface area contributed by atoms with Gasteiger partial charge in [0.05, 0.1) is 6.20 Å². The number of benzene rings is 1. The molecule has 1 atom stereocenters. The number of amides is 3. The molecule has 3 heterocycles. The van der Waals surface area contributed by atoms with Crippen molar-refractivity contribution >= 4 is 17.6 Å². The summed E-state index contributed by atoms with van der Waals surface area (Å²) in [5, 5.41) is 6.76. The lowest BCUT2D eigenvalue weighted by Gasteiger charge is -2.26. The monoisotopic (exact) mass is 340 g/mol. The van der Waals surface area contributed by atoms with E-state index in [4.69, 9.17) is 4.74 Å². The van der Waals surface area contributed by atoms with Crippen LogP contribution >= 0.6 is 0 Å². The zero-order valence-corrected chi connectivity index (χ0v) is 13.9. The van der Waals surface area contributed by atoms with Crippen molar-refractivity contribution < 1.29 is 14.3 Å². The summed E-state index contributed by atoms with van der Waals surface area (Å²) in [6, 6.07) is 7.33. The Morgan fingerprint density at radius 2 is 1.96 bits per heavy atom. The van der Waals surface area contributed by atoms with Crippen LogP contribution in [0, 0.1) is 0 Å². The van der Waals surface area contributed by atoms with Crippen LogP contribution in [0.25, 0.3) is 11.1 Å². The standard InChI is InChI=1S/C18H20N4O3/c23-16-8-9-21(18(24)20-16)15-6-4-13(5-7-15)14-11-19-22(12-14)17-3-1-2-10-25-17/h4-7,11-12,17H,1-3,8-10H2,(H,20,23,24). The van der Waals surface area contributed by atoms with E-state index in [1.54, 1.807) is 4.90 Å². The first-order valence-electron chi connectivity index (χ1n) is 8.58. The van der Waals surface area contributed by atoms with Crippen molar-refractivity contribution in [3.8, 4) is 11.1 Å². The van der Waals surface area contributed by atoms with Gasteiger partial charge in [0.1, 0.15) is 6.23 Å². The minimum atomic E-state index is -0.369. The maximum absolute atomic E-state index is 11.9. The Morgan fingerprint density at radius 3 is 2.68 bits per heavy atom. The molecule has 0 spiro atoms. The summed E-state index contributed by atoms with van der Waals surface area (Å²) in [5.41, 5.74) is 2.81. The summed E-state index contributed by atoms with van der Waals surface area (Å²) in [6.45, 7) is 1.19. The SMILES string of the molecule is O=C1CCN(c2ccc(-c3cnn(C4CCCCO4)c3)cc2)C(=O)N1. The number of aromatic nitrogens is 2. The fourth-order valence-corrected chi connectivity index (χ4v) is 3.22. The number of nitrogens with zero attached hydrogens (tertiary/aromatic N) is 3. The normalized spacial score (nSPS) is 21.3. The van der Waals surface area contributed by atoms with Gasteiger partial charge in [0.2, 0.25) is 5.91 Å². The van der Waals surface area contributed by atoms with Crippen LogP contribution in [0.15, 0.2) is 36.7 Å². The van der Waals surface area contributed by atoms with Gasteiger partial charge in [0.25, 0.3) is 0 Å². The molecule has 1 unspecified atom stereocenters. The third-order valence-corrected chi connectivity index (χ3v) is 4.62. The summed E-state index contributed by atoms with van der Waals surface area (Å²) < 4.78 is 7.64. The smallest absolute Gasteiger partial charge is 0.328 e. The highest BCUT2D eigenvalue weighted by Crippen LogP contribution is 2.27. The van der Waals surface area contributed by atoms with Crippen molar-refractivity contribution in [2.75, 3.05) is 18.1 Å². The molecule has 1 aromatic heterocycles. The zero-order chi connectivity index (χ0) is 17.2. The maximum Gasteiger partial charge on any atom is 0.328 e. The van der Waals surface area contributed by atoms with Crippen LogP contribution in [0.5, 0.6) is 0 Å². The van der Waals surface area contributed by atoms with E-state index < -0.39 is 0 Å². The summed E-state index contributed by atoms with van der Waals surface area (Å²) in [7, 11) is 0. The van der Waals surface area contributed by atoms with E-state index in [2.05, 4.69) is 10.4 Å². The molecule has 7 nitrogen and oxygen atoms in total. The molecule has 1 aromatic carbocycles. The first-order chi connectivity index (χ1) is 12.2. The molecule has 0 saturated carbocycles. The number of nitrogens with one attached hydrogen (secondary N) is 1. The van der Waals surface area contributed by atoms with Gasteiger partial charge < -0.3 is 4.74 Å². The number of hydrogen-bond donors (Lipinski definition) is 1. The molecular formula is C18H20N4O3. The number of carbonyl (C=O) groups is 2. The Hall–Kier alpha value is -2.67. The fourth-order valence-electron chi connectivity index (χ4n) is 3.22. The van der Waals surface area contributed by atoms with Gasteiger partial charge in [0.15, 0.2) is 0 Å². The maximum atomic E-state index is 11.9. The summed E-state index contributed by atoms with van der Waals surface area (Å²) in [4.78, 5) is 24.7. The number of anilines is 1. The van der Waals surface area contributed by atoms with E-state index in [1.165, 1.54) is 0 Å². The quantitative estimate of drug-likeness (QED) is 0.932. The number of carbonyl (C=O) groups excluding carboxylic acids is 2. The Labute approximate surface area is 145 Å². The van der Waals surface area contributed by atoms with Crippen LogP contribution in [0.4, 0.5) is 10.5 Å². The minimum absolute atomic E-state index is 0.0244. The van der Waals surface area contributed by atoms with Crippen LogP contribution < -0.4 is 10.2 Å². The van der Waals surface area contributed by atoms with Crippen molar-refractivity contribution in [1.29, 1.82) is 0 Å². The third kappa shape index (κ3) is 3.28. The molecule has 0 aliphatic carbocycles. The molecule has 2 aliphatic rings. The zero-order valence-electron chi connectivity index (χ0n) is 13.9. The van der Waals surface area contributed by atoms with E-state index in [-0.39, 0.29) is 18.2 Å². The van der Waals surface area contributed by atoms with Gasteiger partial charge in [-0.15, -0.1) is 0 Å². The Bertz CT molecular complexity index is 778. The van der Waals surface area contributed by atoms with E-state index >= 15 is 0 Å². The van der Waals surface area contributed by atoms with Crippen molar-refractivity contribution in [1.82, 2.24) is 15.1 Å². The van der Waals surface area contributed by atoms with Gasteiger partial charge >= 0.3 is 6.03 Å². The van der Waals surface area contributed by atoms with Gasteiger partial charge in [-0.1, -0.05) is 12.1 Å². The average molecular weight is 340 g/mol. The Morgan fingerprint density at radius 1 is 1.12 bits per heavy atom. The molecule has 3 amide bonds. The fraction of sp³-hybridized carbons (Fsp3) is 0.389. The van der Waals surface area contributed by atoms with Crippen LogP contribution in [-0.2, 0) is 9.53 Å². The lowest BCUT2D eigenvalue weighted by atomic mass is 10.1. The molecule has 0 bridgehead atoms. The molecule has 7 heteroatoms. The van der Waals surface area contributed by atoms with Crippen LogP contribution in [-0.4, -0.2) is 34.9 Å². The first kappa shape index (κ1) is 15.8. The number of urea groups is 1. The van der Waals surface area contributed by atoms with E-state index in [0.29, 0.717) is 13.0 Å². The average Bonchev–Trinajstić information content (AvgIpc) is 3.13. The van der Waals surface area contributed by atoms with Crippen LogP contribution in [0.1, 0.15) is 31.9 Å². The van der Waals surface area contributed by atoms with Crippen molar-refractivity contribution in [3.63, 3.8) is 0 Å². The highest BCUT2D eigenvalue weighted by molar-refractivity contribution is 6.05. The number of rotatable bonds is 3. The van der Waals surface area contributed by atoms with Gasteiger partial charge in [-0.25, -0.2) is 9.48 Å². The number of imide groups is 1. The van der Waals surface area contributed by atoms with Crippen molar-refractivity contribution in [2.45, 2.75) is 31.9 Å².